The number of benzene rings is 3. The number of rotatable bonds is 4. The molecule has 0 aliphatic carbocycles. The van der Waals surface area contributed by atoms with Crippen LogP contribution < -0.4 is 11.2 Å². The number of fused-ring (bicyclic) bond motifs is 1. The molecule has 0 unspecified atom stereocenters. The van der Waals surface area contributed by atoms with Crippen LogP contribution in [0.5, 0.6) is 5.75 Å². The summed E-state index contributed by atoms with van der Waals surface area (Å²) in [5, 5.41) is 26.9. The van der Waals surface area contributed by atoms with Crippen molar-refractivity contribution in [1.82, 2.24) is 4.98 Å². The molecule has 0 spiro atoms. The third-order valence-corrected chi connectivity index (χ3v) is 4.66. The molecule has 0 saturated heterocycles. The minimum Gasteiger partial charge on any atom is -0.506 e. The van der Waals surface area contributed by atoms with Gasteiger partial charge in [-0.25, -0.2) is 13.8 Å². The van der Waals surface area contributed by atoms with Gasteiger partial charge < -0.3 is 25.3 Å². The van der Waals surface area contributed by atoms with E-state index in [1.807, 2.05) is 30.3 Å². The van der Waals surface area contributed by atoms with Crippen LogP contribution in [-0.2, 0) is 12.8 Å². The number of nitrogen functional groups attached to an aromatic ring is 1. The Labute approximate surface area is 181 Å². The fraction of sp³-hybridized carbons (Fsp3) is 0.0952. The highest BCUT2D eigenvalue weighted by Crippen LogP contribution is 2.26. The first-order chi connectivity index (χ1) is 14.7. The molecule has 1 aromatic heterocycles. The molecular weight excluding hydrogens is 429 g/mol. The van der Waals surface area contributed by atoms with Gasteiger partial charge in [0.2, 0.25) is 0 Å². The van der Waals surface area contributed by atoms with Crippen LogP contribution in [0.4, 0.5) is 14.5 Å². The first-order valence-electron chi connectivity index (χ1n) is 9.17. The molecule has 0 saturated carbocycles. The summed E-state index contributed by atoms with van der Waals surface area (Å²) in [5.74, 6) is -1.04. The number of halogens is 3. The predicted octanol–water partition coefficient (Wildman–Crippen LogP) is 3.20. The normalized spacial score (nSPS) is 10.6. The summed E-state index contributed by atoms with van der Waals surface area (Å²) in [4.78, 5) is 4.22. The van der Waals surface area contributed by atoms with Crippen LogP contribution in [0.15, 0.2) is 59.0 Å². The van der Waals surface area contributed by atoms with Crippen molar-refractivity contribution in [2.75, 3.05) is 5.73 Å². The monoisotopic (exact) mass is 446 g/mol. The zero-order valence-electron chi connectivity index (χ0n) is 16.1. The Balaban J connectivity index is 0.000000229. The summed E-state index contributed by atoms with van der Waals surface area (Å²) in [5.41, 5.74) is 6.80. The van der Waals surface area contributed by atoms with E-state index >= 15 is 0 Å². The van der Waals surface area contributed by atoms with Gasteiger partial charge in [-0.3, -0.25) is 0 Å². The van der Waals surface area contributed by atoms with Gasteiger partial charge in [0, 0.05) is 30.1 Å². The minimum atomic E-state index is -1.87. The summed E-state index contributed by atoms with van der Waals surface area (Å²) in [6.07, 6.45) is 1.36. The molecule has 4 aromatic rings. The van der Waals surface area contributed by atoms with Crippen LogP contribution in [0.3, 0.4) is 0 Å². The standard InChI is InChI=1S/C15H13BFNO3.C6H5ClFNO/c17-12-9-13-14(8-11(12)16(19)20)21-15(18-13)7-6-10-4-2-1-3-5-10;7-3-1-6(10)5(9)2-4(3)8/h1-5,8-9,19-20H,6-7H2;1-2,10H,9H2. The molecule has 0 radical (unpaired) electrons. The van der Waals surface area contributed by atoms with E-state index in [4.69, 9.17) is 36.9 Å². The molecule has 0 atom stereocenters. The zero-order chi connectivity index (χ0) is 22.5. The van der Waals surface area contributed by atoms with Crippen molar-refractivity contribution in [2.24, 2.45) is 0 Å². The van der Waals surface area contributed by atoms with E-state index in [0.717, 1.165) is 30.2 Å². The van der Waals surface area contributed by atoms with Gasteiger partial charge >= 0.3 is 7.12 Å². The van der Waals surface area contributed by atoms with E-state index in [9.17, 15) is 8.78 Å². The molecule has 0 amide bonds. The number of anilines is 1. The number of nitrogens with zero attached hydrogens (tertiary/aromatic N) is 1. The second-order valence-corrected chi connectivity index (χ2v) is 7.04. The summed E-state index contributed by atoms with van der Waals surface area (Å²) in [7, 11) is -1.87. The second-order valence-electron chi connectivity index (χ2n) is 6.63. The average Bonchev–Trinajstić information content (AvgIpc) is 3.13. The maximum atomic E-state index is 13.6. The fourth-order valence-electron chi connectivity index (χ4n) is 2.76. The van der Waals surface area contributed by atoms with Crippen LogP contribution in [0.2, 0.25) is 5.02 Å². The van der Waals surface area contributed by atoms with Crippen LogP contribution in [0, 0.1) is 11.6 Å². The molecule has 0 aliphatic heterocycles. The van der Waals surface area contributed by atoms with Crippen molar-refractivity contribution < 1.29 is 28.4 Å². The molecule has 0 fully saturated rings. The van der Waals surface area contributed by atoms with Gasteiger partial charge in [-0.1, -0.05) is 41.9 Å². The van der Waals surface area contributed by atoms with Crippen molar-refractivity contribution in [3.05, 3.63) is 82.7 Å². The van der Waals surface area contributed by atoms with E-state index < -0.39 is 18.8 Å². The zero-order valence-corrected chi connectivity index (χ0v) is 16.9. The molecule has 3 aromatic carbocycles. The van der Waals surface area contributed by atoms with Gasteiger partial charge in [0.1, 0.15) is 22.9 Å². The highest BCUT2D eigenvalue weighted by molar-refractivity contribution is 6.59. The first-order valence-corrected chi connectivity index (χ1v) is 9.54. The molecular formula is C21H18BClF2N2O4. The van der Waals surface area contributed by atoms with E-state index in [0.29, 0.717) is 23.4 Å². The fourth-order valence-corrected chi connectivity index (χ4v) is 2.92. The van der Waals surface area contributed by atoms with Crippen molar-refractivity contribution >= 4 is 41.0 Å². The molecule has 5 N–H and O–H groups in total. The molecule has 0 aliphatic rings. The summed E-state index contributed by atoms with van der Waals surface area (Å²) in [6, 6.07) is 14.4. The van der Waals surface area contributed by atoms with E-state index in [2.05, 4.69) is 4.98 Å². The summed E-state index contributed by atoms with van der Waals surface area (Å²) in [6.45, 7) is 0. The lowest BCUT2D eigenvalue weighted by molar-refractivity contribution is 0.423. The Hall–Kier alpha value is -3.14. The third-order valence-electron chi connectivity index (χ3n) is 4.37. The number of phenolic OH excluding ortho intramolecular Hbond substituents is 1. The maximum absolute atomic E-state index is 13.6. The van der Waals surface area contributed by atoms with Gasteiger partial charge in [0.05, 0.1) is 10.7 Å². The number of hydrogen-bond donors (Lipinski definition) is 4. The van der Waals surface area contributed by atoms with Gasteiger partial charge in [0.15, 0.2) is 11.5 Å². The van der Waals surface area contributed by atoms with Crippen molar-refractivity contribution in [2.45, 2.75) is 12.8 Å². The molecule has 6 nitrogen and oxygen atoms in total. The van der Waals surface area contributed by atoms with Crippen molar-refractivity contribution in [3.8, 4) is 5.75 Å². The number of aromatic hydroxyl groups is 1. The number of phenols is 1. The third kappa shape index (κ3) is 5.72. The van der Waals surface area contributed by atoms with E-state index in [1.54, 1.807) is 0 Å². The van der Waals surface area contributed by atoms with Crippen LogP contribution in [0.1, 0.15) is 11.5 Å². The average molecular weight is 447 g/mol. The van der Waals surface area contributed by atoms with Gasteiger partial charge in [-0.05, 0) is 18.1 Å². The molecule has 31 heavy (non-hydrogen) atoms. The molecule has 10 heteroatoms. The number of nitrogens with two attached hydrogens (primary N) is 1. The van der Waals surface area contributed by atoms with Crippen LogP contribution >= 0.6 is 11.6 Å². The highest BCUT2D eigenvalue weighted by Gasteiger charge is 2.19. The maximum Gasteiger partial charge on any atom is 0.491 e. The highest BCUT2D eigenvalue weighted by atomic mass is 35.5. The van der Waals surface area contributed by atoms with Crippen LogP contribution in [0.25, 0.3) is 11.1 Å². The second kappa shape index (κ2) is 9.78. The number of oxazole rings is 1. The summed E-state index contributed by atoms with van der Waals surface area (Å²) < 4.78 is 31.6. The topological polar surface area (TPSA) is 113 Å². The van der Waals surface area contributed by atoms with E-state index in [1.165, 1.54) is 6.07 Å². The molecule has 0 bridgehead atoms. The number of hydrogen-bond acceptors (Lipinski definition) is 6. The van der Waals surface area contributed by atoms with Crippen molar-refractivity contribution in [1.29, 1.82) is 0 Å². The Kier molecular flexibility index (Phi) is 7.11. The Bertz CT molecular complexity index is 1140. The molecule has 1 heterocycles. The minimum absolute atomic E-state index is 0.0121. The van der Waals surface area contributed by atoms with Crippen molar-refractivity contribution in [3.63, 3.8) is 0 Å². The Morgan fingerprint density at radius 2 is 1.71 bits per heavy atom. The predicted molar refractivity (Wildman–Crippen MR) is 115 cm³/mol. The van der Waals surface area contributed by atoms with E-state index in [-0.39, 0.29) is 21.9 Å². The quantitative estimate of drug-likeness (QED) is 0.218. The van der Waals surface area contributed by atoms with Gasteiger partial charge in [0.25, 0.3) is 0 Å². The lowest BCUT2D eigenvalue weighted by Crippen LogP contribution is -2.32. The Morgan fingerprint density at radius 3 is 2.35 bits per heavy atom. The lowest BCUT2D eigenvalue weighted by atomic mass is 9.80. The smallest absolute Gasteiger partial charge is 0.491 e. The first kappa shape index (κ1) is 22.5. The van der Waals surface area contributed by atoms with Crippen LogP contribution in [-0.4, -0.2) is 27.3 Å². The largest absolute Gasteiger partial charge is 0.506 e. The number of aromatic nitrogens is 1. The lowest BCUT2D eigenvalue weighted by Gasteiger charge is -1.99. The Morgan fingerprint density at radius 1 is 1.00 bits per heavy atom. The number of aryl methyl sites for hydroxylation is 2. The van der Waals surface area contributed by atoms with Gasteiger partial charge in [-0.2, -0.15) is 0 Å². The van der Waals surface area contributed by atoms with Gasteiger partial charge in [-0.15, -0.1) is 0 Å². The SMILES string of the molecule is Nc1cc(F)c(Cl)cc1O.OB(O)c1cc2oc(CCc3ccccc3)nc2cc1F. The molecule has 4 rings (SSSR count). The summed E-state index contributed by atoms with van der Waals surface area (Å²) >= 11 is 5.30. The molecule has 160 valence electrons.